The van der Waals surface area contributed by atoms with Crippen LogP contribution < -0.4 is 10.9 Å². The van der Waals surface area contributed by atoms with Crippen LogP contribution in [0.3, 0.4) is 0 Å². The maximum atomic E-state index is 12.8. The van der Waals surface area contributed by atoms with Crippen LogP contribution in [0.1, 0.15) is 51.2 Å². The quantitative estimate of drug-likeness (QED) is 0.724. The van der Waals surface area contributed by atoms with Crippen LogP contribution in [-0.4, -0.2) is 35.6 Å². The van der Waals surface area contributed by atoms with Gasteiger partial charge in [-0.3, -0.25) is 4.79 Å². The van der Waals surface area contributed by atoms with Gasteiger partial charge in [0.2, 0.25) is 0 Å². The summed E-state index contributed by atoms with van der Waals surface area (Å²) in [5, 5.41) is 7.74. The minimum absolute atomic E-state index is 0.120. The monoisotopic (exact) mass is 431 g/mol. The van der Waals surface area contributed by atoms with Gasteiger partial charge in [-0.25, -0.2) is 0 Å². The second-order valence-corrected chi connectivity index (χ2v) is 9.01. The van der Waals surface area contributed by atoms with Crippen molar-refractivity contribution in [2.24, 2.45) is 11.8 Å². The summed E-state index contributed by atoms with van der Waals surface area (Å²) < 4.78 is 13.0. The molecule has 162 valence electrons. The fraction of sp³-hybridized carbons (Fsp3) is 0.565. The maximum Gasteiger partial charge on any atom is 0.292 e. The van der Waals surface area contributed by atoms with Crippen molar-refractivity contribution in [1.29, 1.82) is 0 Å². The third kappa shape index (κ3) is 4.71. The molecule has 4 rings (SSSR count). The van der Waals surface area contributed by atoms with Gasteiger partial charge in [0.1, 0.15) is 5.02 Å². The summed E-state index contributed by atoms with van der Waals surface area (Å²) in [6.45, 7) is 6.68. The van der Waals surface area contributed by atoms with E-state index in [4.69, 9.17) is 21.1 Å². The zero-order valence-corrected chi connectivity index (χ0v) is 18.4. The number of aromatic nitrogens is 2. The lowest BCUT2D eigenvalue weighted by atomic mass is 10.0. The Morgan fingerprint density at radius 2 is 2.03 bits per heavy atom. The van der Waals surface area contributed by atoms with Crippen LogP contribution in [0.5, 0.6) is 0 Å². The van der Waals surface area contributed by atoms with Crippen molar-refractivity contribution in [3.05, 3.63) is 51.4 Å². The number of rotatable bonds is 6. The minimum atomic E-state index is -0.328. The fourth-order valence-corrected chi connectivity index (χ4v) is 4.39. The number of nitrogens with zero attached hydrogens (tertiary/aromatic N) is 2. The number of hydrogen-bond acceptors (Lipinski definition) is 5. The standard InChI is InChI=1S/C23H30ClN3O3/c1-15(2)20-9-10-21(30-20)17-5-7-18(8-6-17)27-23(28)22(24)19(13-26-27)25-12-16-4-3-11-29-14-16/h5-8,13,15-16,20-21,25H,3-4,9-12,14H2,1-2H3. The fourth-order valence-electron chi connectivity index (χ4n) is 4.19. The highest BCUT2D eigenvalue weighted by Gasteiger charge is 2.28. The van der Waals surface area contributed by atoms with E-state index < -0.39 is 0 Å². The van der Waals surface area contributed by atoms with Crippen LogP contribution in [0.25, 0.3) is 5.69 Å². The van der Waals surface area contributed by atoms with E-state index in [0.717, 1.165) is 51.0 Å². The third-order valence-corrected chi connectivity index (χ3v) is 6.43. The van der Waals surface area contributed by atoms with Crippen molar-refractivity contribution in [3.63, 3.8) is 0 Å². The highest BCUT2D eigenvalue weighted by Crippen LogP contribution is 2.35. The molecule has 7 heteroatoms. The molecule has 1 N–H and O–H groups in total. The Morgan fingerprint density at radius 3 is 2.70 bits per heavy atom. The van der Waals surface area contributed by atoms with Gasteiger partial charge in [-0.15, -0.1) is 0 Å². The summed E-state index contributed by atoms with van der Waals surface area (Å²) in [6.07, 6.45) is 6.35. The molecule has 2 fully saturated rings. The van der Waals surface area contributed by atoms with Gasteiger partial charge in [0.05, 0.1) is 36.4 Å². The lowest BCUT2D eigenvalue weighted by molar-refractivity contribution is 0.0188. The first-order chi connectivity index (χ1) is 14.5. The van der Waals surface area contributed by atoms with Crippen LogP contribution in [0.2, 0.25) is 5.02 Å². The zero-order valence-electron chi connectivity index (χ0n) is 17.6. The van der Waals surface area contributed by atoms with Crippen molar-refractivity contribution in [3.8, 4) is 5.69 Å². The Hall–Kier alpha value is -1.89. The van der Waals surface area contributed by atoms with Crippen LogP contribution in [0.15, 0.2) is 35.3 Å². The molecule has 1 aromatic heterocycles. The second kappa shape index (κ2) is 9.50. The second-order valence-electron chi connectivity index (χ2n) is 8.63. The molecule has 0 amide bonds. The number of halogens is 1. The smallest absolute Gasteiger partial charge is 0.292 e. The lowest BCUT2D eigenvalue weighted by Gasteiger charge is -2.22. The molecule has 2 aliphatic rings. The molecule has 0 saturated carbocycles. The van der Waals surface area contributed by atoms with Crippen LogP contribution >= 0.6 is 11.6 Å². The summed E-state index contributed by atoms with van der Waals surface area (Å²) in [4.78, 5) is 12.8. The number of anilines is 1. The first-order valence-electron chi connectivity index (χ1n) is 10.9. The summed E-state index contributed by atoms with van der Waals surface area (Å²) in [6, 6.07) is 7.83. The van der Waals surface area contributed by atoms with E-state index in [-0.39, 0.29) is 16.7 Å². The Kier molecular flexibility index (Phi) is 6.76. The summed E-state index contributed by atoms with van der Waals surface area (Å²) in [5.41, 5.74) is 2.07. The summed E-state index contributed by atoms with van der Waals surface area (Å²) in [5.74, 6) is 0.954. The van der Waals surface area contributed by atoms with Crippen molar-refractivity contribution in [2.45, 2.75) is 51.7 Å². The molecule has 0 spiro atoms. The predicted octanol–water partition coefficient (Wildman–Crippen LogP) is 4.60. The van der Waals surface area contributed by atoms with Crippen molar-refractivity contribution < 1.29 is 9.47 Å². The predicted molar refractivity (Wildman–Crippen MR) is 119 cm³/mol. The molecule has 3 heterocycles. The largest absolute Gasteiger partial charge is 0.382 e. The highest BCUT2D eigenvalue weighted by atomic mass is 35.5. The Balaban J connectivity index is 1.45. The van der Waals surface area contributed by atoms with Gasteiger partial charge in [-0.1, -0.05) is 37.6 Å². The SMILES string of the molecule is CC(C)C1CCC(c2ccc(-n3ncc(NCC4CCCOC4)c(Cl)c3=O)cc2)O1. The van der Waals surface area contributed by atoms with Crippen LogP contribution in [0, 0.1) is 11.8 Å². The van der Waals surface area contributed by atoms with Gasteiger partial charge in [0.15, 0.2) is 0 Å². The van der Waals surface area contributed by atoms with Gasteiger partial charge in [-0.05, 0) is 55.2 Å². The number of benzene rings is 1. The molecule has 3 unspecified atom stereocenters. The summed E-state index contributed by atoms with van der Waals surface area (Å²) >= 11 is 6.36. The summed E-state index contributed by atoms with van der Waals surface area (Å²) in [7, 11) is 0. The molecule has 2 saturated heterocycles. The number of hydrogen-bond donors (Lipinski definition) is 1. The molecular formula is C23H30ClN3O3. The van der Waals surface area contributed by atoms with E-state index >= 15 is 0 Å². The van der Waals surface area contributed by atoms with Gasteiger partial charge in [0, 0.05) is 13.2 Å². The minimum Gasteiger partial charge on any atom is -0.382 e. The van der Waals surface area contributed by atoms with E-state index in [1.54, 1.807) is 6.20 Å². The van der Waals surface area contributed by atoms with E-state index in [9.17, 15) is 4.79 Å². The molecule has 2 aromatic rings. The van der Waals surface area contributed by atoms with Crippen molar-refractivity contribution in [1.82, 2.24) is 9.78 Å². The molecule has 2 aliphatic heterocycles. The topological polar surface area (TPSA) is 65.4 Å². The van der Waals surface area contributed by atoms with E-state index in [2.05, 4.69) is 24.3 Å². The maximum absolute atomic E-state index is 12.8. The molecular weight excluding hydrogens is 402 g/mol. The van der Waals surface area contributed by atoms with Crippen molar-refractivity contribution >= 4 is 17.3 Å². The Bertz CT molecular complexity index is 907. The third-order valence-electron chi connectivity index (χ3n) is 6.06. The Labute approximate surface area is 182 Å². The highest BCUT2D eigenvalue weighted by molar-refractivity contribution is 6.32. The average Bonchev–Trinajstić information content (AvgIpc) is 3.26. The van der Waals surface area contributed by atoms with E-state index in [1.807, 2.05) is 24.3 Å². The van der Waals surface area contributed by atoms with Crippen LogP contribution in [-0.2, 0) is 9.47 Å². The number of ether oxygens (including phenoxy) is 2. The molecule has 30 heavy (non-hydrogen) atoms. The number of nitrogens with one attached hydrogen (secondary N) is 1. The normalized spacial score (nSPS) is 24.3. The molecule has 0 radical (unpaired) electrons. The molecule has 3 atom stereocenters. The average molecular weight is 432 g/mol. The molecule has 0 aliphatic carbocycles. The van der Waals surface area contributed by atoms with E-state index in [1.165, 1.54) is 4.68 Å². The Morgan fingerprint density at radius 1 is 1.23 bits per heavy atom. The lowest BCUT2D eigenvalue weighted by Crippen LogP contribution is -2.26. The molecule has 6 nitrogen and oxygen atoms in total. The van der Waals surface area contributed by atoms with Gasteiger partial charge in [0.25, 0.3) is 5.56 Å². The van der Waals surface area contributed by atoms with Crippen molar-refractivity contribution in [2.75, 3.05) is 25.1 Å². The first-order valence-corrected chi connectivity index (χ1v) is 11.3. The van der Waals surface area contributed by atoms with Gasteiger partial charge < -0.3 is 14.8 Å². The van der Waals surface area contributed by atoms with Gasteiger partial charge >= 0.3 is 0 Å². The van der Waals surface area contributed by atoms with Gasteiger partial charge in [-0.2, -0.15) is 9.78 Å². The first kappa shape index (κ1) is 21.3. The molecule has 0 bridgehead atoms. The molecule has 1 aromatic carbocycles. The van der Waals surface area contributed by atoms with E-state index in [0.29, 0.717) is 29.3 Å². The zero-order chi connectivity index (χ0) is 21.1. The van der Waals surface area contributed by atoms with Crippen LogP contribution in [0.4, 0.5) is 5.69 Å².